The maximum absolute atomic E-state index is 13.0. The molecule has 0 N–H and O–H groups in total. The highest BCUT2D eigenvalue weighted by Crippen LogP contribution is 2.27. The Hall–Kier alpha value is -1.69. The van der Waals surface area contributed by atoms with Crippen LogP contribution in [-0.4, -0.2) is 50.1 Å². The third-order valence-corrected chi connectivity index (χ3v) is 3.54. The van der Waals surface area contributed by atoms with Crippen LogP contribution in [-0.2, 0) is 4.74 Å². The summed E-state index contributed by atoms with van der Waals surface area (Å²) in [7, 11) is 1.33. The van der Waals surface area contributed by atoms with E-state index >= 15 is 0 Å². The van der Waals surface area contributed by atoms with Crippen LogP contribution < -0.4 is 4.74 Å². The molecule has 0 unspecified atom stereocenters. The Morgan fingerprint density at radius 1 is 1.24 bits per heavy atom. The monoisotopic (exact) mass is 299 g/mol. The number of hydrogen-bond acceptors (Lipinski definition) is 4. The Balaban J connectivity index is 1.73. The minimum absolute atomic E-state index is 0.0825. The number of piperidine rings is 1. The summed E-state index contributed by atoms with van der Waals surface area (Å²) >= 11 is 0. The molecule has 0 aliphatic carbocycles. The van der Waals surface area contributed by atoms with Crippen LogP contribution in [0, 0.1) is 0 Å². The van der Waals surface area contributed by atoms with E-state index in [1.807, 2.05) is 4.90 Å². The third-order valence-electron chi connectivity index (χ3n) is 3.54. The van der Waals surface area contributed by atoms with Crippen molar-refractivity contribution in [1.29, 1.82) is 0 Å². The number of esters is 1. The van der Waals surface area contributed by atoms with Crippen molar-refractivity contribution in [3.05, 3.63) is 29.8 Å². The largest absolute Gasteiger partial charge is 0.492 e. The quantitative estimate of drug-likeness (QED) is 0.783. The van der Waals surface area contributed by atoms with Gasteiger partial charge in [0.25, 0.3) is 5.92 Å². The van der Waals surface area contributed by atoms with Crippen LogP contribution in [0.1, 0.15) is 23.2 Å². The van der Waals surface area contributed by atoms with Crippen molar-refractivity contribution in [3.8, 4) is 5.75 Å². The second kappa shape index (κ2) is 6.85. The maximum atomic E-state index is 13.0. The number of methoxy groups -OCH3 is 1. The summed E-state index contributed by atoms with van der Waals surface area (Å²) in [5, 5.41) is 0. The smallest absolute Gasteiger partial charge is 0.337 e. The molecule has 4 nitrogen and oxygen atoms in total. The Kier molecular flexibility index (Phi) is 5.12. The Bertz CT molecular complexity index is 466. The standard InChI is InChI=1S/C15H19F2NO3/c1-20-14(19)12-2-4-13(5-3-12)21-11-10-18-8-6-15(16,17)7-9-18/h2-5H,6-11H2,1H3. The molecule has 0 atom stereocenters. The van der Waals surface area contributed by atoms with Crippen LogP contribution in [0.2, 0.25) is 0 Å². The van der Waals surface area contributed by atoms with Crippen molar-refractivity contribution in [1.82, 2.24) is 4.90 Å². The van der Waals surface area contributed by atoms with Gasteiger partial charge in [-0.25, -0.2) is 13.6 Å². The molecule has 0 saturated carbocycles. The van der Waals surface area contributed by atoms with Gasteiger partial charge >= 0.3 is 5.97 Å². The number of ether oxygens (including phenoxy) is 2. The summed E-state index contributed by atoms with van der Waals surface area (Å²) in [6, 6.07) is 6.64. The van der Waals surface area contributed by atoms with Gasteiger partial charge in [0.1, 0.15) is 12.4 Å². The van der Waals surface area contributed by atoms with Gasteiger partial charge in [-0.1, -0.05) is 0 Å². The number of likely N-dealkylation sites (tertiary alicyclic amines) is 1. The van der Waals surface area contributed by atoms with Crippen molar-refractivity contribution in [2.24, 2.45) is 0 Å². The normalized spacial score (nSPS) is 18.2. The number of benzene rings is 1. The Morgan fingerprint density at radius 2 is 1.86 bits per heavy atom. The predicted molar refractivity (Wildman–Crippen MR) is 73.9 cm³/mol. The molecule has 0 aromatic heterocycles. The number of rotatable bonds is 5. The Labute approximate surface area is 122 Å². The van der Waals surface area contributed by atoms with E-state index in [0.717, 1.165) is 0 Å². The van der Waals surface area contributed by atoms with E-state index in [9.17, 15) is 13.6 Å². The van der Waals surface area contributed by atoms with Crippen molar-refractivity contribution >= 4 is 5.97 Å². The lowest BCUT2D eigenvalue weighted by molar-refractivity contribution is -0.0564. The zero-order valence-electron chi connectivity index (χ0n) is 12.0. The summed E-state index contributed by atoms with van der Waals surface area (Å²) in [4.78, 5) is 13.2. The van der Waals surface area contributed by atoms with E-state index < -0.39 is 11.9 Å². The lowest BCUT2D eigenvalue weighted by atomic mass is 10.1. The number of nitrogens with zero attached hydrogens (tertiary/aromatic N) is 1. The van der Waals surface area contributed by atoms with Gasteiger partial charge in [0, 0.05) is 32.5 Å². The molecule has 6 heteroatoms. The first kappa shape index (κ1) is 15.7. The van der Waals surface area contributed by atoms with Crippen LogP contribution in [0.3, 0.4) is 0 Å². The minimum atomic E-state index is -2.51. The van der Waals surface area contributed by atoms with E-state index in [1.54, 1.807) is 24.3 Å². The van der Waals surface area contributed by atoms with E-state index in [4.69, 9.17) is 4.74 Å². The zero-order chi connectivity index (χ0) is 15.3. The molecular weight excluding hydrogens is 280 g/mol. The number of alkyl halides is 2. The van der Waals surface area contributed by atoms with Gasteiger partial charge in [0.05, 0.1) is 12.7 Å². The topological polar surface area (TPSA) is 38.8 Å². The summed E-state index contributed by atoms with van der Waals surface area (Å²) in [5.41, 5.74) is 0.461. The summed E-state index contributed by atoms with van der Waals surface area (Å²) in [5.74, 6) is -2.26. The van der Waals surface area contributed by atoms with Gasteiger partial charge in [0.2, 0.25) is 0 Å². The first-order valence-corrected chi connectivity index (χ1v) is 6.91. The zero-order valence-corrected chi connectivity index (χ0v) is 12.0. The molecule has 1 heterocycles. The highest BCUT2D eigenvalue weighted by Gasteiger charge is 2.33. The van der Waals surface area contributed by atoms with Crippen LogP contribution in [0.15, 0.2) is 24.3 Å². The molecule has 1 aromatic rings. The average Bonchev–Trinajstić information content (AvgIpc) is 2.49. The average molecular weight is 299 g/mol. The first-order chi connectivity index (χ1) is 10.00. The van der Waals surface area contributed by atoms with Gasteiger partial charge in [-0.2, -0.15) is 0 Å². The molecule has 0 spiro atoms. The molecule has 21 heavy (non-hydrogen) atoms. The number of carbonyl (C=O) groups is 1. The highest BCUT2D eigenvalue weighted by molar-refractivity contribution is 5.89. The summed E-state index contributed by atoms with van der Waals surface area (Å²) in [6.07, 6.45) is -0.165. The first-order valence-electron chi connectivity index (χ1n) is 6.91. The van der Waals surface area contributed by atoms with E-state index in [0.29, 0.717) is 37.6 Å². The molecular formula is C15H19F2NO3. The van der Waals surface area contributed by atoms with Crippen molar-refractivity contribution in [3.63, 3.8) is 0 Å². The summed E-state index contributed by atoms with van der Waals surface area (Å²) in [6.45, 7) is 1.85. The van der Waals surface area contributed by atoms with Crippen molar-refractivity contribution < 1.29 is 23.0 Å². The molecule has 0 bridgehead atoms. The molecule has 1 fully saturated rings. The maximum Gasteiger partial charge on any atom is 0.337 e. The second-order valence-electron chi connectivity index (χ2n) is 5.06. The second-order valence-corrected chi connectivity index (χ2v) is 5.06. The molecule has 1 saturated heterocycles. The number of hydrogen-bond donors (Lipinski definition) is 0. The lowest BCUT2D eigenvalue weighted by Gasteiger charge is -2.31. The number of halogens is 2. The molecule has 0 amide bonds. The van der Waals surface area contributed by atoms with Gasteiger partial charge in [-0.05, 0) is 24.3 Å². The van der Waals surface area contributed by atoms with Crippen LogP contribution in [0.25, 0.3) is 0 Å². The molecule has 0 radical (unpaired) electrons. The molecule has 2 rings (SSSR count). The number of carbonyl (C=O) groups excluding carboxylic acids is 1. The van der Waals surface area contributed by atoms with E-state index in [1.165, 1.54) is 7.11 Å². The van der Waals surface area contributed by atoms with E-state index in [2.05, 4.69) is 4.74 Å². The molecule has 1 aromatic carbocycles. The van der Waals surface area contributed by atoms with Crippen LogP contribution in [0.4, 0.5) is 8.78 Å². The van der Waals surface area contributed by atoms with Gasteiger partial charge in [-0.3, -0.25) is 4.90 Å². The fourth-order valence-electron chi connectivity index (χ4n) is 2.20. The molecule has 116 valence electrons. The Morgan fingerprint density at radius 3 is 2.43 bits per heavy atom. The van der Waals surface area contributed by atoms with Gasteiger partial charge in [-0.15, -0.1) is 0 Å². The molecule has 1 aliphatic rings. The third kappa shape index (κ3) is 4.67. The highest BCUT2D eigenvalue weighted by atomic mass is 19.3. The van der Waals surface area contributed by atoms with Crippen molar-refractivity contribution in [2.75, 3.05) is 33.4 Å². The predicted octanol–water partition coefficient (Wildman–Crippen LogP) is 2.58. The van der Waals surface area contributed by atoms with Crippen LogP contribution >= 0.6 is 0 Å². The van der Waals surface area contributed by atoms with Gasteiger partial charge < -0.3 is 9.47 Å². The minimum Gasteiger partial charge on any atom is -0.492 e. The molecule has 1 aliphatic heterocycles. The lowest BCUT2D eigenvalue weighted by Crippen LogP contribution is -2.41. The summed E-state index contributed by atoms with van der Waals surface area (Å²) < 4.78 is 36.2. The SMILES string of the molecule is COC(=O)c1ccc(OCCN2CCC(F)(F)CC2)cc1. The fourth-order valence-corrected chi connectivity index (χ4v) is 2.20. The van der Waals surface area contributed by atoms with Crippen LogP contribution in [0.5, 0.6) is 5.75 Å². The van der Waals surface area contributed by atoms with E-state index in [-0.39, 0.29) is 12.8 Å². The van der Waals surface area contributed by atoms with Crippen molar-refractivity contribution in [2.45, 2.75) is 18.8 Å². The van der Waals surface area contributed by atoms with Gasteiger partial charge in [0.15, 0.2) is 0 Å². The fraction of sp³-hybridized carbons (Fsp3) is 0.533.